The molecule has 7 nitrogen and oxygen atoms in total. The van der Waals surface area contributed by atoms with Gasteiger partial charge in [0.1, 0.15) is 11.4 Å². The van der Waals surface area contributed by atoms with Gasteiger partial charge in [0.25, 0.3) is 5.91 Å². The van der Waals surface area contributed by atoms with E-state index < -0.39 is 0 Å². The normalized spacial score (nSPS) is 10.5. The number of carbonyl (C=O) groups excluding carboxylic acids is 1. The highest BCUT2D eigenvalue weighted by atomic mass is 16.5. The molecule has 0 saturated carbocycles. The van der Waals surface area contributed by atoms with E-state index in [2.05, 4.69) is 20.6 Å². The maximum atomic E-state index is 12.4. The third-order valence-electron chi connectivity index (χ3n) is 3.55. The van der Waals surface area contributed by atoms with Gasteiger partial charge < -0.3 is 10.1 Å². The standard InChI is InChI=1S/C18H19N5O2/c1-3-20-18(24)16-17(13-6-5-11-19-12-13)23(22-21-16)14-7-9-15(10-8-14)25-4-2/h5-12H,3-4H2,1-2H3,(H,20,24). The molecule has 0 atom stereocenters. The Hall–Kier alpha value is -3.22. The number of hydrogen-bond donors (Lipinski definition) is 1. The quantitative estimate of drug-likeness (QED) is 0.747. The lowest BCUT2D eigenvalue weighted by Gasteiger charge is -2.09. The number of amides is 1. The lowest BCUT2D eigenvalue weighted by molar-refractivity contribution is 0.0951. The summed E-state index contributed by atoms with van der Waals surface area (Å²) in [6, 6.07) is 11.2. The van der Waals surface area contributed by atoms with Gasteiger partial charge in [-0.25, -0.2) is 4.68 Å². The van der Waals surface area contributed by atoms with E-state index >= 15 is 0 Å². The molecule has 0 fully saturated rings. The monoisotopic (exact) mass is 337 g/mol. The Morgan fingerprint density at radius 2 is 2.00 bits per heavy atom. The van der Waals surface area contributed by atoms with Crippen LogP contribution in [0.2, 0.25) is 0 Å². The molecule has 1 amide bonds. The summed E-state index contributed by atoms with van der Waals surface area (Å²) < 4.78 is 7.10. The van der Waals surface area contributed by atoms with Crippen LogP contribution in [-0.2, 0) is 0 Å². The molecule has 0 aliphatic rings. The summed E-state index contributed by atoms with van der Waals surface area (Å²) in [6.45, 7) is 4.91. The first-order chi connectivity index (χ1) is 12.2. The molecule has 1 N–H and O–H groups in total. The Morgan fingerprint density at radius 3 is 2.64 bits per heavy atom. The topological polar surface area (TPSA) is 81.9 Å². The summed E-state index contributed by atoms with van der Waals surface area (Å²) in [5, 5.41) is 11.0. The van der Waals surface area contributed by atoms with Crippen LogP contribution in [0, 0.1) is 0 Å². The van der Waals surface area contributed by atoms with Crippen molar-refractivity contribution in [2.75, 3.05) is 13.2 Å². The first-order valence-corrected chi connectivity index (χ1v) is 8.12. The van der Waals surface area contributed by atoms with Gasteiger partial charge in [0.2, 0.25) is 0 Å². The summed E-state index contributed by atoms with van der Waals surface area (Å²) in [6.07, 6.45) is 3.37. The number of aromatic nitrogens is 4. The van der Waals surface area contributed by atoms with Gasteiger partial charge in [-0.3, -0.25) is 9.78 Å². The Bertz CT molecular complexity index is 844. The fourth-order valence-corrected chi connectivity index (χ4v) is 2.47. The molecule has 2 aromatic heterocycles. The average molecular weight is 337 g/mol. The molecule has 3 rings (SSSR count). The van der Waals surface area contributed by atoms with Crippen LogP contribution in [0.3, 0.4) is 0 Å². The van der Waals surface area contributed by atoms with Crippen LogP contribution in [-0.4, -0.2) is 39.0 Å². The second kappa shape index (κ2) is 7.57. The van der Waals surface area contributed by atoms with Gasteiger partial charge in [-0.05, 0) is 50.2 Å². The number of ether oxygens (including phenoxy) is 1. The fourth-order valence-electron chi connectivity index (χ4n) is 2.47. The van der Waals surface area contributed by atoms with Gasteiger partial charge in [-0.15, -0.1) is 5.10 Å². The van der Waals surface area contributed by atoms with Gasteiger partial charge in [0.05, 0.1) is 12.3 Å². The molecule has 0 saturated heterocycles. The third kappa shape index (κ3) is 3.50. The van der Waals surface area contributed by atoms with Crippen LogP contribution in [0.15, 0.2) is 48.8 Å². The molecule has 128 valence electrons. The van der Waals surface area contributed by atoms with E-state index in [1.165, 1.54) is 0 Å². The molecule has 0 bridgehead atoms. The molecule has 0 aliphatic heterocycles. The number of hydrogen-bond acceptors (Lipinski definition) is 5. The van der Waals surface area contributed by atoms with Crippen molar-refractivity contribution >= 4 is 5.91 Å². The number of nitrogens with zero attached hydrogens (tertiary/aromatic N) is 4. The van der Waals surface area contributed by atoms with E-state index in [4.69, 9.17) is 4.74 Å². The summed E-state index contributed by atoms with van der Waals surface area (Å²) in [5.41, 5.74) is 2.42. The Balaban J connectivity index is 2.09. The maximum absolute atomic E-state index is 12.4. The predicted octanol–water partition coefficient (Wildman–Crippen LogP) is 2.48. The van der Waals surface area contributed by atoms with Crippen LogP contribution in [0.25, 0.3) is 16.9 Å². The third-order valence-corrected chi connectivity index (χ3v) is 3.55. The zero-order chi connectivity index (χ0) is 17.6. The van der Waals surface area contributed by atoms with E-state index in [1.807, 2.05) is 50.2 Å². The predicted molar refractivity (Wildman–Crippen MR) is 93.8 cm³/mol. The van der Waals surface area contributed by atoms with Crippen LogP contribution in [0.4, 0.5) is 0 Å². The molecule has 2 heterocycles. The number of benzene rings is 1. The molecular weight excluding hydrogens is 318 g/mol. The first-order valence-electron chi connectivity index (χ1n) is 8.12. The minimum absolute atomic E-state index is 0.265. The summed E-state index contributed by atoms with van der Waals surface area (Å²) in [5.74, 6) is 0.511. The molecule has 0 aliphatic carbocycles. The number of carbonyl (C=O) groups is 1. The van der Waals surface area contributed by atoms with Crippen molar-refractivity contribution in [3.8, 4) is 22.7 Å². The summed E-state index contributed by atoms with van der Waals surface area (Å²) in [4.78, 5) is 16.5. The van der Waals surface area contributed by atoms with Crippen molar-refractivity contribution in [3.63, 3.8) is 0 Å². The first kappa shape index (κ1) is 16.6. The largest absolute Gasteiger partial charge is 0.494 e. The number of rotatable bonds is 6. The highest BCUT2D eigenvalue weighted by molar-refractivity contribution is 5.98. The van der Waals surface area contributed by atoms with Gasteiger partial charge >= 0.3 is 0 Å². The lowest BCUT2D eigenvalue weighted by Crippen LogP contribution is -2.23. The van der Waals surface area contributed by atoms with Gasteiger partial charge in [0.15, 0.2) is 5.69 Å². The molecule has 1 aromatic carbocycles. The molecule has 0 unspecified atom stereocenters. The van der Waals surface area contributed by atoms with Crippen molar-refractivity contribution in [1.29, 1.82) is 0 Å². The lowest BCUT2D eigenvalue weighted by atomic mass is 10.1. The zero-order valence-electron chi connectivity index (χ0n) is 14.1. The van der Waals surface area contributed by atoms with Crippen LogP contribution in [0.1, 0.15) is 24.3 Å². The van der Waals surface area contributed by atoms with Crippen molar-refractivity contribution < 1.29 is 9.53 Å². The van der Waals surface area contributed by atoms with Gasteiger partial charge in [0, 0.05) is 24.5 Å². The summed E-state index contributed by atoms with van der Waals surface area (Å²) in [7, 11) is 0. The molecular formula is C18H19N5O2. The second-order valence-corrected chi connectivity index (χ2v) is 5.23. The minimum atomic E-state index is -0.265. The van der Waals surface area contributed by atoms with E-state index in [-0.39, 0.29) is 11.6 Å². The average Bonchev–Trinajstić information content (AvgIpc) is 3.09. The fraction of sp³-hybridized carbons (Fsp3) is 0.222. The minimum Gasteiger partial charge on any atom is -0.494 e. The van der Waals surface area contributed by atoms with Crippen molar-refractivity contribution in [2.45, 2.75) is 13.8 Å². The van der Waals surface area contributed by atoms with E-state index in [0.717, 1.165) is 17.0 Å². The Kier molecular flexibility index (Phi) is 5.03. The van der Waals surface area contributed by atoms with Crippen LogP contribution < -0.4 is 10.1 Å². The molecule has 3 aromatic rings. The SMILES string of the molecule is CCNC(=O)c1nnn(-c2ccc(OCC)cc2)c1-c1cccnc1. The van der Waals surface area contributed by atoms with E-state index in [1.54, 1.807) is 17.1 Å². The summed E-state index contributed by atoms with van der Waals surface area (Å²) >= 11 is 0. The van der Waals surface area contributed by atoms with Gasteiger partial charge in [-0.2, -0.15) is 0 Å². The molecule has 0 radical (unpaired) electrons. The Labute approximate surface area is 145 Å². The Morgan fingerprint density at radius 1 is 1.20 bits per heavy atom. The highest BCUT2D eigenvalue weighted by Crippen LogP contribution is 2.25. The second-order valence-electron chi connectivity index (χ2n) is 5.23. The van der Waals surface area contributed by atoms with Gasteiger partial charge in [-0.1, -0.05) is 5.21 Å². The molecule has 0 spiro atoms. The van der Waals surface area contributed by atoms with E-state index in [9.17, 15) is 4.79 Å². The van der Waals surface area contributed by atoms with Crippen molar-refractivity contribution in [1.82, 2.24) is 25.3 Å². The maximum Gasteiger partial charge on any atom is 0.274 e. The zero-order valence-corrected chi connectivity index (χ0v) is 14.1. The van der Waals surface area contributed by atoms with E-state index in [0.29, 0.717) is 18.8 Å². The molecule has 25 heavy (non-hydrogen) atoms. The van der Waals surface area contributed by atoms with Crippen LogP contribution in [0.5, 0.6) is 5.75 Å². The van der Waals surface area contributed by atoms with Crippen molar-refractivity contribution in [3.05, 3.63) is 54.5 Å². The molecule has 7 heteroatoms. The highest BCUT2D eigenvalue weighted by Gasteiger charge is 2.21. The van der Waals surface area contributed by atoms with Crippen molar-refractivity contribution in [2.24, 2.45) is 0 Å². The van der Waals surface area contributed by atoms with Crippen LogP contribution >= 0.6 is 0 Å². The number of pyridine rings is 1. The number of nitrogens with one attached hydrogen (secondary N) is 1. The smallest absolute Gasteiger partial charge is 0.274 e.